The van der Waals surface area contributed by atoms with Gasteiger partial charge in [-0.1, -0.05) is 6.92 Å². The summed E-state index contributed by atoms with van der Waals surface area (Å²) in [5, 5.41) is 2.74. The standard InChI is InChI=1S/C14H15F2NO/c1-9-3-2-4-10(14(9)18)8-17-13-6-5-11(15)7-12(13)16/h5-9,17H,2-4H2,1H3/b10-8-/t9-/m0/s1. The number of anilines is 1. The van der Waals surface area contributed by atoms with Crippen molar-refractivity contribution in [1.29, 1.82) is 0 Å². The summed E-state index contributed by atoms with van der Waals surface area (Å²) in [6, 6.07) is 3.31. The Bertz CT molecular complexity index is 497. The Labute approximate surface area is 105 Å². The van der Waals surface area contributed by atoms with E-state index < -0.39 is 11.6 Å². The fourth-order valence-corrected chi connectivity index (χ4v) is 2.08. The number of rotatable bonds is 2. The number of hydrogen-bond acceptors (Lipinski definition) is 2. The average Bonchev–Trinajstić information content (AvgIpc) is 2.33. The van der Waals surface area contributed by atoms with Crippen molar-refractivity contribution < 1.29 is 13.6 Å². The molecule has 96 valence electrons. The smallest absolute Gasteiger partial charge is 0.163 e. The van der Waals surface area contributed by atoms with E-state index in [-0.39, 0.29) is 17.4 Å². The third-order valence-corrected chi connectivity index (χ3v) is 3.18. The molecule has 0 radical (unpaired) electrons. The zero-order valence-corrected chi connectivity index (χ0v) is 10.2. The van der Waals surface area contributed by atoms with Crippen LogP contribution in [0.2, 0.25) is 0 Å². The third-order valence-electron chi connectivity index (χ3n) is 3.18. The molecule has 1 aromatic rings. The van der Waals surface area contributed by atoms with E-state index >= 15 is 0 Å². The molecule has 1 aliphatic carbocycles. The molecule has 0 aliphatic heterocycles. The lowest BCUT2D eigenvalue weighted by Gasteiger charge is -2.19. The second-order valence-corrected chi connectivity index (χ2v) is 4.60. The maximum Gasteiger partial charge on any atom is 0.163 e. The van der Waals surface area contributed by atoms with Crippen LogP contribution >= 0.6 is 0 Å². The van der Waals surface area contributed by atoms with E-state index in [1.807, 2.05) is 6.92 Å². The molecule has 2 rings (SSSR count). The lowest BCUT2D eigenvalue weighted by Crippen LogP contribution is -2.19. The molecule has 0 aromatic heterocycles. The molecular weight excluding hydrogens is 236 g/mol. The van der Waals surface area contributed by atoms with Gasteiger partial charge in [0.2, 0.25) is 0 Å². The van der Waals surface area contributed by atoms with Gasteiger partial charge in [-0.15, -0.1) is 0 Å². The number of nitrogens with one attached hydrogen (secondary N) is 1. The van der Waals surface area contributed by atoms with E-state index in [4.69, 9.17) is 0 Å². The molecule has 2 nitrogen and oxygen atoms in total. The number of halogens is 2. The van der Waals surface area contributed by atoms with Gasteiger partial charge >= 0.3 is 0 Å². The highest BCUT2D eigenvalue weighted by atomic mass is 19.1. The van der Waals surface area contributed by atoms with Gasteiger partial charge in [-0.2, -0.15) is 0 Å². The van der Waals surface area contributed by atoms with Crippen LogP contribution < -0.4 is 5.32 Å². The number of carbonyl (C=O) groups is 1. The number of benzene rings is 1. The molecule has 18 heavy (non-hydrogen) atoms. The van der Waals surface area contributed by atoms with Crippen LogP contribution in [0.15, 0.2) is 30.0 Å². The van der Waals surface area contributed by atoms with E-state index in [1.54, 1.807) is 0 Å². The lowest BCUT2D eigenvalue weighted by atomic mass is 9.86. The highest BCUT2D eigenvalue weighted by Gasteiger charge is 2.22. The van der Waals surface area contributed by atoms with Crippen LogP contribution in [0.1, 0.15) is 26.2 Å². The maximum atomic E-state index is 13.4. The first-order valence-corrected chi connectivity index (χ1v) is 6.03. The minimum atomic E-state index is -0.664. The summed E-state index contributed by atoms with van der Waals surface area (Å²) < 4.78 is 26.1. The summed E-state index contributed by atoms with van der Waals surface area (Å²) in [5.41, 5.74) is 0.854. The lowest BCUT2D eigenvalue weighted by molar-refractivity contribution is -0.119. The van der Waals surface area contributed by atoms with E-state index in [1.165, 1.54) is 18.3 Å². The van der Waals surface area contributed by atoms with Gasteiger partial charge in [0.05, 0.1) is 5.69 Å². The molecule has 0 spiro atoms. The Morgan fingerprint density at radius 2 is 2.17 bits per heavy atom. The predicted octanol–water partition coefficient (Wildman–Crippen LogP) is 3.65. The first kappa shape index (κ1) is 12.7. The Morgan fingerprint density at radius 1 is 1.39 bits per heavy atom. The van der Waals surface area contributed by atoms with Crippen molar-refractivity contribution in [2.45, 2.75) is 26.2 Å². The molecule has 1 N–H and O–H groups in total. The van der Waals surface area contributed by atoms with Crippen molar-refractivity contribution >= 4 is 11.5 Å². The molecule has 0 unspecified atom stereocenters. The molecule has 4 heteroatoms. The van der Waals surface area contributed by atoms with Crippen LogP contribution in [0, 0.1) is 17.6 Å². The molecule has 1 atom stereocenters. The quantitative estimate of drug-likeness (QED) is 0.813. The summed E-state index contributed by atoms with van der Waals surface area (Å²) in [6.45, 7) is 1.90. The van der Waals surface area contributed by atoms with Crippen LogP contribution in [-0.2, 0) is 4.79 Å². The van der Waals surface area contributed by atoms with Gasteiger partial charge in [0.15, 0.2) is 5.78 Å². The van der Waals surface area contributed by atoms with Gasteiger partial charge in [-0.25, -0.2) is 8.78 Å². The van der Waals surface area contributed by atoms with E-state index in [0.717, 1.165) is 18.9 Å². The van der Waals surface area contributed by atoms with Gasteiger partial charge < -0.3 is 5.32 Å². The second kappa shape index (κ2) is 5.29. The van der Waals surface area contributed by atoms with Crippen molar-refractivity contribution in [3.05, 3.63) is 41.6 Å². The van der Waals surface area contributed by atoms with Crippen molar-refractivity contribution in [2.75, 3.05) is 5.32 Å². The van der Waals surface area contributed by atoms with Gasteiger partial charge in [0.25, 0.3) is 0 Å². The van der Waals surface area contributed by atoms with Crippen molar-refractivity contribution in [2.24, 2.45) is 5.92 Å². The van der Waals surface area contributed by atoms with Gasteiger partial charge in [0, 0.05) is 23.8 Å². The van der Waals surface area contributed by atoms with Crippen molar-refractivity contribution in [1.82, 2.24) is 0 Å². The Kier molecular flexibility index (Phi) is 3.75. The molecule has 1 aliphatic rings. The predicted molar refractivity (Wildman–Crippen MR) is 66.1 cm³/mol. The van der Waals surface area contributed by atoms with Crippen LogP contribution in [0.3, 0.4) is 0 Å². The molecule has 1 saturated carbocycles. The Balaban J connectivity index is 2.12. The fraction of sp³-hybridized carbons (Fsp3) is 0.357. The topological polar surface area (TPSA) is 29.1 Å². The highest BCUT2D eigenvalue weighted by molar-refractivity contribution is 5.97. The van der Waals surface area contributed by atoms with Gasteiger partial charge in [0.1, 0.15) is 11.6 Å². The van der Waals surface area contributed by atoms with Crippen molar-refractivity contribution in [3.8, 4) is 0 Å². The number of allylic oxidation sites excluding steroid dienone is 1. The SMILES string of the molecule is C[C@H]1CCC/C(=C/Nc2ccc(F)cc2F)C1=O. The number of Topliss-reactive ketones (excluding diaryl/α,β-unsaturated/α-hetero) is 1. The summed E-state index contributed by atoms with van der Waals surface area (Å²) in [6.07, 6.45) is 4.11. The molecule has 0 heterocycles. The third kappa shape index (κ3) is 2.75. The van der Waals surface area contributed by atoms with Crippen LogP contribution in [0.5, 0.6) is 0 Å². The first-order chi connectivity index (χ1) is 8.58. The summed E-state index contributed by atoms with van der Waals surface area (Å²) >= 11 is 0. The van der Waals surface area contributed by atoms with Crippen LogP contribution in [0.25, 0.3) is 0 Å². The molecule has 1 aromatic carbocycles. The Hall–Kier alpha value is -1.71. The maximum absolute atomic E-state index is 13.4. The molecule has 1 fully saturated rings. The number of hydrogen-bond donors (Lipinski definition) is 1. The van der Waals surface area contributed by atoms with Crippen LogP contribution in [-0.4, -0.2) is 5.78 Å². The zero-order chi connectivity index (χ0) is 13.1. The average molecular weight is 251 g/mol. The monoisotopic (exact) mass is 251 g/mol. The van der Waals surface area contributed by atoms with Crippen molar-refractivity contribution in [3.63, 3.8) is 0 Å². The van der Waals surface area contributed by atoms with Crippen LogP contribution in [0.4, 0.5) is 14.5 Å². The second-order valence-electron chi connectivity index (χ2n) is 4.60. The largest absolute Gasteiger partial charge is 0.359 e. The first-order valence-electron chi connectivity index (χ1n) is 6.03. The molecule has 0 amide bonds. The zero-order valence-electron chi connectivity index (χ0n) is 10.2. The summed E-state index contributed by atoms with van der Waals surface area (Å²) in [5.74, 6) is -1.14. The summed E-state index contributed by atoms with van der Waals surface area (Å²) in [4.78, 5) is 11.8. The number of ketones is 1. The van der Waals surface area contributed by atoms with Gasteiger partial charge in [-0.3, -0.25) is 4.79 Å². The minimum Gasteiger partial charge on any atom is -0.359 e. The van der Waals surface area contributed by atoms with Gasteiger partial charge in [-0.05, 0) is 31.4 Å². The molecule has 0 bridgehead atoms. The minimum absolute atomic E-state index is 0.0323. The number of carbonyl (C=O) groups excluding carboxylic acids is 1. The molecule has 0 saturated heterocycles. The summed E-state index contributed by atoms with van der Waals surface area (Å²) in [7, 11) is 0. The van der Waals surface area contributed by atoms with E-state index in [9.17, 15) is 13.6 Å². The highest BCUT2D eigenvalue weighted by Crippen LogP contribution is 2.25. The Morgan fingerprint density at radius 3 is 2.89 bits per heavy atom. The molecular formula is C14H15F2NO. The van der Waals surface area contributed by atoms with E-state index in [0.29, 0.717) is 12.0 Å². The normalized spacial score (nSPS) is 22.3. The fourth-order valence-electron chi connectivity index (χ4n) is 2.08. The van der Waals surface area contributed by atoms with E-state index in [2.05, 4.69) is 5.32 Å².